The predicted octanol–water partition coefficient (Wildman–Crippen LogP) is 3.80. The van der Waals surface area contributed by atoms with E-state index in [0.29, 0.717) is 53.9 Å². The Morgan fingerprint density at radius 1 is 1.14 bits per heavy atom. The highest BCUT2D eigenvalue weighted by Crippen LogP contribution is 2.36. The van der Waals surface area contributed by atoms with Crippen molar-refractivity contribution in [3.8, 4) is 5.82 Å². The van der Waals surface area contributed by atoms with Gasteiger partial charge in [-0.2, -0.15) is 0 Å². The fraction of sp³-hybridized carbons (Fsp3) is 0.381. The van der Waals surface area contributed by atoms with E-state index in [2.05, 4.69) is 20.3 Å². The Morgan fingerprint density at radius 2 is 1.90 bits per heavy atom. The first-order chi connectivity index (χ1) is 13.8. The molecular weight excluding hydrogens is 390 g/mol. The summed E-state index contributed by atoms with van der Waals surface area (Å²) in [5, 5.41) is 24.5. The summed E-state index contributed by atoms with van der Waals surface area (Å²) in [6.07, 6.45) is 6.90. The zero-order valence-electron chi connectivity index (χ0n) is 16.4. The highest BCUT2D eigenvalue weighted by Gasteiger charge is 2.36. The molecule has 0 saturated heterocycles. The molecule has 0 spiro atoms. The number of hydrogen-bond donors (Lipinski definition) is 3. The van der Waals surface area contributed by atoms with E-state index < -0.39 is 5.60 Å². The normalized spacial score (nSPS) is 21.9. The van der Waals surface area contributed by atoms with E-state index in [1.165, 1.54) is 0 Å². The lowest BCUT2D eigenvalue weighted by Crippen LogP contribution is -2.33. The van der Waals surface area contributed by atoms with Gasteiger partial charge in [-0.05, 0) is 68.9 Å². The van der Waals surface area contributed by atoms with Gasteiger partial charge in [0.2, 0.25) is 0 Å². The van der Waals surface area contributed by atoms with Gasteiger partial charge in [-0.15, -0.1) is 0 Å². The van der Waals surface area contributed by atoms with Crippen molar-refractivity contribution in [2.75, 3.05) is 5.32 Å². The number of hydrogen-bond acceptors (Lipinski definition) is 6. The molecule has 1 aliphatic rings. The molecule has 0 radical (unpaired) electrons. The van der Waals surface area contributed by atoms with Gasteiger partial charge in [-0.1, -0.05) is 11.6 Å². The highest BCUT2D eigenvalue weighted by atomic mass is 35.5. The minimum atomic E-state index is -1.000. The van der Waals surface area contributed by atoms with E-state index in [4.69, 9.17) is 11.6 Å². The second kappa shape index (κ2) is 7.74. The number of rotatable bonds is 4. The minimum absolute atomic E-state index is 0.338. The van der Waals surface area contributed by atoms with E-state index >= 15 is 0 Å². The Balaban J connectivity index is 1.59. The molecule has 3 aromatic heterocycles. The van der Waals surface area contributed by atoms with Gasteiger partial charge in [0.25, 0.3) is 0 Å². The Hall–Kier alpha value is -2.48. The van der Waals surface area contributed by atoms with Crippen LogP contribution in [-0.4, -0.2) is 35.8 Å². The molecule has 152 valence electrons. The average Bonchev–Trinajstić information content (AvgIpc) is 3.18. The molecule has 0 atom stereocenters. The number of anilines is 2. The van der Waals surface area contributed by atoms with Crippen molar-refractivity contribution in [1.29, 1.82) is 0 Å². The Bertz CT molecular complexity index is 1030. The maximum Gasteiger partial charge on any atom is 0.140 e. The summed E-state index contributed by atoms with van der Waals surface area (Å²) < 4.78 is 1.80. The second-order valence-electron chi connectivity index (χ2n) is 7.76. The van der Waals surface area contributed by atoms with Gasteiger partial charge in [0, 0.05) is 12.4 Å². The maximum absolute atomic E-state index is 10.9. The van der Waals surface area contributed by atoms with Crippen molar-refractivity contribution in [1.82, 2.24) is 19.5 Å². The fourth-order valence-corrected chi connectivity index (χ4v) is 3.71. The topological polar surface area (TPSA) is 96.1 Å². The second-order valence-corrected chi connectivity index (χ2v) is 8.17. The third kappa shape index (κ3) is 4.27. The van der Waals surface area contributed by atoms with Crippen molar-refractivity contribution < 1.29 is 10.2 Å². The number of pyridine rings is 2. The van der Waals surface area contributed by atoms with Crippen LogP contribution in [-0.2, 0) is 5.60 Å². The van der Waals surface area contributed by atoms with Crippen LogP contribution in [0.25, 0.3) is 5.82 Å². The van der Waals surface area contributed by atoms with Gasteiger partial charge >= 0.3 is 0 Å². The number of aliphatic hydroxyl groups excluding tert-OH is 1. The molecule has 0 aliphatic heterocycles. The summed E-state index contributed by atoms with van der Waals surface area (Å²) in [6.45, 7) is 3.91. The molecular formula is C21H24ClN5O2. The van der Waals surface area contributed by atoms with Gasteiger partial charge < -0.3 is 15.5 Å². The summed E-state index contributed by atoms with van der Waals surface area (Å²) >= 11 is 6.05. The summed E-state index contributed by atoms with van der Waals surface area (Å²) in [7, 11) is 0. The van der Waals surface area contributed by atoms with Crippen LogP contribution in [0.15, 0.2) is 36.9 Å². The monoisotopic (exact) mass is 413 g/mol. The molecule has 0 aromatic carbocycles. The SMILES string of the molecule is Cc1cc(Nc2cc(C)c(Cl)cn2)nc(-n2cnc(C3(O)CCC(O)CC3)c2)c1. The molecule has 1 fully saturated rings. The predicted molar refractivity (Wildman–Crippen MR) is 112 cm³/mol. The van der Waals surface area contributed by atoms with Gasteiger partial charge in [-0.3, -0.25) is 4.57 Å². The first-order valence-corrected chi connectivity index (χ1v) is 10.0. The molecule has 3 aromatic rings. The summed E-state index contributed by atoms with van der Waals surface area (Å²) in [5.74, 6) is 2.01. The molecule has 0 amide bonds. The first kappa shape index (κ1) is 19.8. The Labute approximate surface area is 174 Å². The van der Waals surface area contributed by atoms with E-state index in [-0.39, 0.29) is 6.10 Å². The van der Waals surface area contributed by atoms with E-state index in [1.807, 2.05) is 38.2 Å². The van der Waals surface area contributed by atoms with Crippen molar-refractivity contribution >= 4 is 23.2 Å². The van der Waals surface area contributed by atoms with Crippen LogP contribution in [0.4, 0.5) is 11.6 Å². The Morgan fingerprint density at radius 3 is 2.62 bits per heavy atom. The van der Waals surface area contributed by atoms with Crippen LogP contribution in [0, 0.1) is 13.8 Å². The van der Waals surface area contributed by atoms with Crippen LogP contribution < -0.4 is 5.32 Å². The summed E-state index contributed by atoms with van der Waals surface area (Å²) in [4.78, 5) is 13.4. The number of nitrogens with zero attached hydrogens (tertiary/aromatic N) is 4. The largest absolute Gasteiger partial charge is 0.393 e. The number of imidazole rings is 1. The molecule has 3 heterocycles. The highest BCUT2D eigenvalue weighted by molar-refractivity contribution is 6.31. The number of halogens is 1. The van der Waals surface area contributed by atoms with Crippen LogP contribution >= 0.6 is 11.6 Å². The number of aromatic nitrogens is 4. The van der Waals surface area contributed by atoms with Gasteiger partial charge in [0.1, 0.15) is 29.4 Å². The molecule has 1 aliphatic carbocycles. The van der Waals surface area contributed by atoms with Crippen molar-refractivity contribution in [2.45, 2.75) is 51.2 Å². The lowest BCUT2D eigenvalue weighted by atomic mass is 9.81. The average molecular weight is 414 g/mol. The van der Waals surface area contributed by atoms with Crippen molar-refractivity contribution in [3.05, 3.63) is 58.8 Å². The summed E-state index contributed by atoms with van der Waals surface area (Å²) in [6, 6.07) is 5.75. The number of aliphatic hydroxyl groups is 2. The number of aryl methyl sites for hydroxylation is 2. The first-order valence-electron chi connectivity index (χ1n) is 9.65. The third-order valence-electron chi connectivity index (χ3n) is 5.37. The molecule has 4 rings (SSSR count). The zero-order chi connectivity index (χ0) is 20.6. The fourth-order valence-electron chi connectivity index (χ4n) is 3.61. The third-order valence-corrected chi connectivity index (χ3v) is 5.76. The molecule has 3 N–H and O–H groups in total. The van der Waals surface area contributed by atoms with Gasteiger partial charge in [0.05, 0.1) is 16.8 Å². The van der Waals surface area contributed by atoms with Crippen molar-refractivity contribution in [3.63, 3.8) is 0 Å². The van der Waals surface area contributed by atoms with Crippen LogP contribution in [0.5, 0.6) is 0 Å². The molecule has 29 heavy (non-hydrogen) atoms. The van der Waals surface area contributed by atoms with Crippen LogP contribution in [0.3, 0.4) is 0 Å². The minimum Gasteiger partial charge on any atom is -0.393 e. The van der Waals surface area contributed by atoms with Gasteiger partial charge in [0.15, 0.2) is 0 Å². The lowest BCUT2D eigenvalue weighted by Gasteiger charge is -2.32. The molecule has 0 bridgehead atoms. The smallest absolute Gasteiger partial charge is 0.140 e. The van der Waals surface area contributed by atoms with Gasteiger partial charge in [-0.25, -0.2) is 15.0 Å². The number of nitrogens with one attached hydrogen (secondary N) is 1. The van der Waals surface area contributed by atoms with E-state index in [9.17, 15) is 10.2 Å². The molecule has 0 unspecified atom stereocenters. The lowest BCUT2D eigenvalue weighted by molar-refractivity contribution is -0.0389. The molecule has 7 nitrogen and oxygen atoms in total. The maximum atomic E-state index is 10.9. The zero-order valence-corrected chi connectivity index (χ0v) is 17.2. The van der Waals surface area contributed by atoms with E-state index in [1.54, 1.807) is 17.1 Å². The van der Waals surface area contributed by atoms with Crippen LogP contribution in [0.1, 0.15) is 42.5 Å². The van der Waals surface area contributed by atoms with Crippen LogP contribution in [0.2, 0.25) is 5.02 Å². The Kier molecular flexibility index (Phi) is 5.29. The summed E-state index contributed by atoms with van der Waals surface area (Å²) in [5.41, 5.74) is 1.57. The van der Waals surface area contributed by atoms with E-state index in [0.717, 1.165) is 11.1 Å². The molecule has 1 saturated carbocycles. The quantitative estimate of drug-likeness (QED) is 0.602. The van der Waals surface area contributed by atoms with Crippen molar-refractivity contribution in [2.24, 2.45) is 0 Å². The molecule has 8 heteroatoms. The standard InChI is InChI=1S/C21H24ClN5O2/c1-13-7-19(25-18-9-14(2)16(22)10-23-18)26-20(8-13)27-11-17(24-12-27)21(29)5-3-15(28)4-6-21/h7-12,15,28-29H,3-6H2,1-2H3,(H,23,25,26).